The molecule has 114 valence electrons. The SMILES string of the molecule is c1cc(CNCCCOCC2CCCO2)c2cc[nH]c2c1. The van der Waals surface area contributed by atoms with Crippen LogP contribution in [0.1, 0.15) is 24.8 Å². The molecule has 1 aliphatic heterocycles. The number of rotatable bonds is 8. The lowest BCUT2D eigenvalue weighted by Crippen LogP contribution is -2.19. The zero-order valence-electron chi connectivity index (χ0n) is 12.4. The molecule has 0 radical (unpaired) electrons. The molecule has 0 bridgehead atoms. The summed E-state index contributed by atoms with van der Waals surface area (Å²) in [5, 5.41) is 4.79. The van der Waals surface area contributed by atoms with Gasteiger partial charge in [-0.3, -0.25) is 0 Å². The molecule has 3 rings (SSSR count). The van der Waals surface area contributed by atoms with E-state index in [1.807, 2.05) is 6.20 Å². The predicted molar refractivity (Wildman–Crippen MR) is 84.4 cm³/mol. The van der Waals surface area contributed by atoms with Gasteiger partial charge < -0.3 is 19.8 Å². The first-order valence-electron chi connectivity index (χ1n) is 7.88. The second kappa shape index (κ2) is 7.59. The monoisotopic (exact) mass is 288 g/mol. The van der Waals surface area contributed by atoms with Crippen LogP contribution in [-0.2, 0) is 16.0 Å². The Morgan fingerprint density at radius 1 is 1.33 bits per heavy atom. The van der Waals surface area contributed by atoms with E-state index in [1.165, 1.54) is 22.9 Å². The summed E-state index contributed by atoms with van der Waals surface area (Å²) in [5.41, 5.74) is 2.54. The summed E-state index contributed by atoms with van der Waals surface area (Å²) in [6.07, 6.45) is 5.70. The van der Waals surface area contributed by atoms with Crippen molar-refractivity contribution >= 4 is 10.9 Å². The van der Waals surface area contributed by atoms with Gasteiger partial charge in [0.2, 0.25) is 0 Å². The van der Waals surface area contributed by atoms with E-state index in [0.717, 1.165) is 45.8 Å². The van der Waals surface area contributed by atoms with Gasteiger partial charge in [-0.2, -0.15) is 0 Å². The van der Waals surface area contributed by atoms with E-state index in [4.69, 9.17) is 9.47 Å². The normalized spacial score (nSPS) is 18.6. The van der Waals surface area contributed by atoms with Crippen molar-refractivity contribution < 1.29 is 9.47 Å². The Labute approximate surface area is 125 Å². The van der Waals surface area contributed by atoms with Crippen LogP contribution >= 0.6 is 0 Å². The molecule has 4 nitrogen and oxygen atoms in total. The molecule has 2 aromatic rings. The second-order valence-corrected chi connectivity index (χ2v) is 5.60. The standard InChI is InChI=1S/C17H24N2O2/c1-4-14(16-7-9-19-17(16)6-1)12-18-8-3-10-20-13-15-5-2-11-21-15/h1,4,6-7,9,15,18-19H,2-3,5,8,10-13H2. The number of nitrogens with one attached hydrogen (secondary N) is 2. The predicted octanol–water partition coefficient (Wildman–Crippen LogP) is 2.84. The first-order chi connectivity index (χ1) is 10.4. The van der Waals surface area contributed by atoms with Crippen LogP contribution in [0.3, 0.4) is 0 Å². The van der Waals surface area contributed by atoms with Crippen molar-refractivity contribution in [3.63, 3.8) is 0 Å². The van der Waals surface area contributed by atoms with Crippen molar-refractivity contribution in [1.82, 2.24) is 10.3 Å². The largest absolute Gasteiger partial charge is 0.379 e. The Balaban J connectivity index is 1.30. The first kappa shape index (κ1) is 14.6. The van der Waals surface area contributed by atoms with E-state index in [9.17, 15) is 0 Å². The molecule has 1 aromatic carbocycles. The van der Waals surface area contributed by atoms with E-state index < -0.39 is 0 Å². The van der Waals surface area contributed by atoms with Gasteiger partial charge in [0, 0.05) is 36.9 Å². The number of benzene rings is 1. The highest BCUT2D eigenvalue weighted by Gasteiger charge is 2.14. The third-order valence-electron chi connectivity index (χ3n) is 3.97. The molecule has 1 atom stereocenters. The number of aromatic nitrogens is 1. The van der Waals surface area contributed by atoms with Crippen LogP contribution in [0, 0.1) is 0 Å². The van der Waals surface area contributed by atoms with Crippen LogP contribution in [0.2, 0.25) is 0 Å². The van der Waals surface area contributed by atoms with Crippen molar-refractivity contribution in [2.75, 3.05) is 26.4 Å². The van der Waals surface area contributed by atoms with Gasteiger partial charge in [0.1, 0.15) is 0 Å². The highest BCUT2D eigenvalue weighted by Crippen LogP contribution is 2.17. The number of fused-ring (bicyclic) bond motifs is 1. The summed E-state index contributed by atoms with van der Waals surface area (Å²) in [5.74, 6) is 0. The Hall–Kier alpha value is -1.36. The third kappa shape index (κ3) is 4.06. The fourth-order valence-corrected chi connectivity index (χ4v) is 2.82. The van der Waals surface area contributed by atoms with E-state index in [-0.39, 0.29) is 0 Å². The quantitative estimate of drug-likeness (QED) is 0.734. The van der Waals surface area contributed by atoms with Gasteiger partial charge in [-0.05, 0) is 43.5 Å². The van der Waals surface area contributed by atoms with Crippen molar-refractivity contribution in [2.45, 2.75) is 31.9 Å². The van der Waals surface area contributed by atoms with E-state index in [2.05, 4.69) is 34.6 Å². The molecule has 0 saturated carbocycles. The molecule has 1 fully saturated rings. The van der Waals surface area contributed by atoms with Crippen LogP contribution in [-0.4, -0.2) is 37.5 Å². The van der Waals surface area contributed by atoms with Crippen LogP contribution in [0.25, 0.3) is 10.9 Å². The topological polar surface area (TPSA) is 46.3 Å². The lowest BCUT2D eigenvalue weighted by molar-refractivity contribution is 0.0166. The number of ether oxygens (including phenoxy) is 2. The summed E-state index contributed by atoms with van der Waals surface area (Å²) in [4.78, 5) is 3.25. The number of hydrogen-bond acceptors (Lipinski definition) is 3. The Morgan fingerprint density at radius 2 is 2.33 bits per heavy atom. The summed E-state index contributed by atoms with van der Waals surface area (Å²) in [6.45, 7) is 4.34. The molecule has 1 saturated heterocycles. The van der Waals surface area contributed by atoms with Gasteiger partial charge >= 0.3 is 0 Å². The Morgan fingerprint density at radius 3 is 3.24 bits per heavy atom. The number of H-pyrrole nitrogens is 1. The zero-order valence-corrected chi connectivity index (χ0v) is 12.4. The maximum absolute atomic E-state index is 5.66. The van der Waals surface area contributed by atoms with Crippen LogP contribution < -0.4 is 5.32 Å². The number of aromatic amines is 1. The maximum Gasteiger partial charge on any atom is 0.0809 e. The minimum absolute atomic E-state index is 0.337. The minimum Gasteiger partial charge on any atom is -0.379 e. The molecule has 1 aliphatic rings. The van der Waals surface area contributed by atoms with Crippen LogP contribution in [0.5, 0.6) is 0 Å². The smallest absolute Gasteiger partial charge is 0.0809 e. The molecule has 1 aromatic heterocycles. The van der Waals surface area contributed by atoms with Gasteiger partial charge in [-0.25, -0.2) is 0 Å². The van der Waals surface area contributed by atoms with Gasteiger partial charge in [0.25, 0.3) is 0 Å². The van der Waals surface area contributed by atoms with E-state index >= 15 is 0 Å². The fourth-order valence-electron chi connectivity index (χ4n) is 2.82. The fraction of sp³-hybridized carbons (Fsp3) is 0.529. The Kier molecular flexibility index (Phi) is 5.27. The van der Waals surface area contributed by atoms with Crippen molar-refractivity contribution in [3.8, 4) is 0 Å². The second-order valence-electron chi connectivity index (χ2n) is 5.60. The molecule has 0 aliphatic carbocycles. The van der Waals surface area contributed by atoms with Crippen LogP contribution in [0.4, 0.5) is 0 Å². The molecule has 2 heterocycles. The summed E-state index contributed by atoms with van der Waals surface area (Å²) >= 11 is 0. The molecular formula is C17H24N2O2. The summed E-state index contributed by atoms with van der Waals surface area (Å²) in [6, 6.07) is 8.52. The molecule has 21 heavy (non-hydrogen) atoms. The van der Waals surface area contributed by atoms with Crippen molar-refractivity contribution in [2.24, 2.45) is 0 Å². The molecule has 0 spiro atoms. The van der Waals surface area contributed by atoms with Gasteiger partial charge in [0.05, 0.1) is 12.7 Å². The molecule has 4 heteroatoms. The van der Waals surface area contributed by atoms with Crippen LogP contribution in [0.15, 0.2) is 30.5 Å². The lowest BCUT2D eigenvalue weighted by atomic mass is 10.1. The Bertz CT molecular complexity index is 546. The van der Waals surface area contributed by atoms with E-state index in [1.54, 1.807) is 0 Å². The highest BCUT2D eigenvalue weighted by atomic mass is 16.5. The highest BCUT2D eigenvalue weighted by molar-refractivity contribution is 5.82. The average molecular weight is 288 g/mol. The van der Waals surface area contributed by atoms with Gasteiger partial charge in [-0.1, -0.05) is 12.1 Å². The third-order valence-corrected chi connectivity index (χ3v) is 3.97. The van der Waals surface area contributed by atoms with Gasteiger partial charge in [0.15, 0.2) is 0 Å². The van der Waals surface area contributed by atoms with Crippen molar-refractivity contribution in [1.29, 1.82) is 0 Å². The molecule has 0 amide bonds. The maximum atomic E-state index is 5.66. The van der Waals surface area contributed by atoms with E-state index in [0.29, 0.717) is 6.10 Å². The van der Waals surface area contributed by atoms with Gasteiger partial charge in [-0.15, -0.1) is 0 Å². The summed E-state index contributed by atoms with van der Waals surface area (Å²) in [7, 11) is 0. The zero-order chi connectivity index (χ0) is 14.3. The lowest BCUT2D eigenvalue weighted by Gasteiger charge is -2.10. The molecule has 2 N–H and O–H groups in total. The minimum atomic E-state index is 0.337. The number of hydrogen-bond donors (Lipinski definition) is 2. The molecular weight excluding hydrogens is 264 g/mol. The first-order valence-corrected chi connectivity index (χ1v) is 7.88. The average Bonchev–Trinajstić information content (AvgIpc) is 3.17. The molecule has 1 unspecified atom stereocenters. The summed E-state index contributed by atoms with van der Waals surface area (Å²) < 4.78 is 11.2. The van der Waals surface area contributed by atoms with Crippen molar-refractivity contribution in [3.05, 3.63) is 36.0 Å².